The van der Waals surface area contributed by atoms with Crippen LogP contribution in [0.2, 0.25) is 0 Å². The van der Waals surface area contributed by atoms with Crippen molar-refractivity contribution >= 4 is 5.97 Å². The molecule has 1 N–H and O–H groups in total. The Hall–Kier alpha value is -1.55. The Bertz CT molecular complexity index is 479. The Labute approximate surface area is 133 Å². The summed E-state index contributed by atoms with van der Waals surface area (Å²) in [6.45, 7) is 7.73. The number of carbonyl (C=O) groups is 1. The van der Waals surface area contributed by atoms with E-state index >= 15 is 0 Å². The second-order valence-corrected chi connectivity index (χ2v) is 6.57. The maximum atomic E-state index is 11.0. The number of benzene rings is 1. The van der Waals surface area contributed by atoms with E-state index in [9.17, 15) is 4.79 Å². The lowest BCUT2D eigenvalue weighted by Gasteiger charge is -2.30. The fraction of sp³-hybridized carbons (Fsp3) is 0.611. The van der Waals surface area contributed by atoms with Crippen LogP contribution in [-0.2, 0) is 11.3 Å². The Morgan fingerprint density at radius 1 is 1.36 bits per heavy atom. The van der Waals surface area contributed by atoms with Crippen molar-refractivity contribution < 1.29 is 14.6 Å². The van der Waals surface area contributed by atoms with Crippen LogP contribution in [0.5, 0.6) is 5.75 Å². The molecule has 1 aromatic carbocycles. The molecule has 0 spiro atoms. The summed E-state index contributed by atoms with van der Waals surface area (Å²) in [5.41, 5.74) is 1.23. The van der Waals surface area contributed by atoms with E-state index < -0.39 is 5.97 Å². The number of nitrogens with zero attached hydrogens (tertiary/aromatic N) is 1. The molecule has 122 valence electrons. The van der Waals surface area contributed by atoms with Gasteiger partial charge >= 0.3 is 5.97 Å². The van der Waals surface area contributed by atoms with Gasteiger partial charge in [-0.3, -0.25) is 9.69 Å². The molecule has 0 radical (unpaired) electrons. The number of carboxylic acid groups (broad SMARTS) is 1. The van der Waals surface area contributed by atoms with Gasteiger partial charge in [0.25, 0.3) is 0 Å². The number of ether oxygens (including phenoxy) is 1. The SMILES string of the molecule is CC(C)CCOc1cccc(CN2CCC(C(=O)O)CC2)c1. The number of rotatable bonds is 7. The highest BCUT2D eigenvalue weighted by molar-refractivity contribution is 5.70. The predicted octanol–water partition coefficient (Wildman–Crippen LogP) is 3.41. The van der Waals surface area contributed by atoms with E-state index in [1.807, 2.05) is 12.1 Å². The predicted molar refractivity (Wildman–Crippen MR) is 87.0 cm³/mol. The van der Waals surface area contributed by atoms with E-state index in [2.05, 4.69) is 30.9 Å². The molecule has 0 amide bonds. The van der Waals surface area contributed by atoms with Gasteiger partial charge in [0.2, 0.25) is 0 Å². The molecule has 1 saturated heterocycles. The summed E-state index contributed by atoms with van der Waals surface area (Å²) in [4.78, 5) is 13.3. The Kier molecular flexibility index (Phi) is 6.25. The largest absolute Gasteiger partial charge is 0.494 e. The van der Waals surface area contributed by atoms with Crippen molar-refractivity contribution in [2.75, 3.05) is 19.7 Å². The molecular formula is C18H27NO3. The Morgan fingerprint density at radius 3 is 2.73 bits per heavy atom. The molecule has 0 saturated carbocycles. The molecule has 1 aliphatic rings. The summed E-state index contributed by atoms with van der Waals surface area (Å²) >= 11 is 0. The first-order valence-corrected chi connectivity index (χ1v) is 8.21. The van der Waals surface area contributed by atoms with Crippen molar-refractivity contribution in [2.45, 2.75) is 39.7 Å². The molecule has 4 heteroatoms. The standard InChI is InChI=1S/C18H27NO3/c1-14(2)8-11-22-17-5-3-4-15(12-17)13-19-9-6-16(7-10-19)18(20)21/h3-5,12,14,16H,6-11,13H2,1-2H3,(H,20,21). The summed E-state index contributed by atoms with van der Waals surface area (Å²) in [6.07, 6.45) is 2.56. The first-order valence-electron chi connectivity index (χ1n) is 8.21. The molecule has 0 atom stereocenters. The monoisotopic (exact) mass is 305 g/mol. The molecule has 1 fully saturated rings. The minimum absolute atomic E-state index is 0.165. The van der Waals surface area contributed by atoms with E-state index in [1.165, 1.54) is 5.56 Å². The van der Waals surface area contributed by atoms with Crippen molar-refractivity contribution in [1.29, 1.82) is 0 Å². The van der Waals surface area contributed by atoms with Gasteiger partial charge in [-0.15, -0.1) is 0 Å². The van der Waals surface area contributed by atoms with Gasteiger partial charge in [-0.1, -0.05) is 26.0 Å². The highest BCUT2D eigenvalue weighted by atomic mass is 16.5. The number of carboxylic acids is 1. The molecule has 4 nitrogen and oxygen atoms in total. The van der Waals surface area contributed by atoms with Gasteiger partial charge in [0.05, 0.1) is 12.5 Å². The molecular weight excluding hydrogens is 278 g/mol. The molecule has 0 unspecified atom stereocenters. The number of aliphatic carboxylic acids is 1. The van der Waals surface area contributed by atoms with Gasteiger partial charge < -0.3 is 9.84 Å². The highest BCUT2D eigenvalue weighted by Gasteiger charge is 2.24. The van der Waals surface area contributed by atoms with Crippen molar-refractivity contribution in [3.05, 3.63) is 29.8 Å². The Morgan fingerprint density at radius 2 is 2.09 bits per heavy atom. The van der Waals surface area contributed by atoms with Crippen LogP contribution in [-0.4, -0.2) is 35.7 Å². The molecule has 22 heavy (non-hydrogen) atoms. The number of likely N-dealkylation sites (tertiary alicyclic amines) is 1. The van der Waals surface area contributed by atoms with Crippen LogP contribution in [0.4, 0.5) is 0 Å². The van der Waals surface area contributed by atoms with Crippen LogP contribution < -0.4 is 4.74 Å². The van der Waals surface area contributed by atoms with E-state index in [0.29, 0.717) is 5.92 Å². The lowest BCUT2D eigenvalue weighted by atomic mass is 9.97. The third kappa shape index (κ3) is 5.34. The first-order chi connectivity index (χ1) is 10.5. The molecule has 0 bridgehead atoms. The van der Waals surface area contributed by atoms with Gasteiger partial charge in [-0.05, 0) is 56.0 Å². The van der Waals surface area contributed by atoms with Crippen molar-refractivity contribution in [3.8, 4) is 5.75 Å². The average molecular weight is 305 g/mol. The summed E-state index contributed by atoms with van der Waals surface area (Å²) in [5, 5.41) is 9.04. The topological polar surface area (TPSA) is 49.8 Å². The van der Waals surface area contributed by atoms with Gasteiger partial charge in [0, 0.05) is 6.54 Å². The van der Waals surface area contributed by atoms with Gasteiger partial charge in [0.1, 0.15) is 5.75 Å². The summed E-state index contributed by atoms with van der Waals surface area (Å²) < 4.78 is 5.80. The van der Waals surface area contributed by atoms with Crippen LogP contribution in [0.15, 0.2) is 24.3 Å². The third-order valence-corrected chi connectivity index (χ3v) is 4.21. The maximum Gasteiger partial charge on any atom is 0.306 e. The fourth-order valence-corrected chi connectivity index (χ4v) is 2.74. The van der Waals surface area contributed by atoms with Crippen LogP contribution >= 0.6 is 0 Å². The number of hydrogen-bond donors (Lipinski definition) is 1. The number of piperidine rings is 1. The maximum absolute atomic E-state index is 11.0. The normalized spacial score (nSPS) is 16.9. The highest BCUT2D eigenvalue weighted by Crippen LogP contribution is 2.21. The lowest BCUT2D eigenvalue weighted by molar-refractivity contribution is -0.143. The first kappa shape index (κ1) is 16.8. The molecule has 1 aromatic rings. The van der Waals surface area contributed by atoms with E-state index in [-0.39, 0.29) is 5.92 Å². The smallest absolute Gasteiger partial charge is 0.306 e. The average Bonchev–Trinajstić information content (AvgIpc) is 2.48. The van der Waals surface area contributed by atoms with Crippen molar-refractivity contribution in [1.82, 2.24) is 4.90 Å². The molecule has 2 rings (SSSR count). The van der Waals surface area contributed by atoms with Gasteiger partial charge in [0.15, 0.2) is 0 Å². The number of hydrogen-bond acceptors (Lipinski definition) is 3. The van der Waals surface area contributed by atoms with Crippen molar-refractivity contribution in [3.63, 3.8) is 0 Å². The zero-order valence-electron chi connectivity index (χ0n) is 13.6. The third-order valence-electron chi connectivity index (χ3n) is 4.21. The van der Waals surface area contributed by atoms with Gasteiger partial charge in [-0.2, -0.15) is 0 Å². The van der Waals surface area contributed by atoms with E-state index in [1.54, 1.807) is 0 Å². The molecule has 0 aromatic heterocycles. The minimum atomic E-state index is -0.653. The van der Waals surface area contributed by atoms with Crippen LogP contribution in [0.25, 0.3) is 0 Å². The summed E-state index contributed by atoms with van der Waals surface area (Å²) in [5.74, 6) is 0.763. The summed E-state index contributed by atoms with van der Waals surface area (Å²) in [7, 11) is 0. The van der Waals surface area contributed by atoms with E-state index in [4.69, 9.17) is 9.84 Å². The van der Waals surface area contributed by atoms with Crippen molar-refractivity contribution in [2.24, 2.45) is 11.8 Å². The summed E-state index contributed by atoms with van der Waals surface area (Å²) in [6, 6.07) is 8.24. The van der Waals surface area contributed by atoms with E-state index in [0.717, 1.165) is 51.3 Å². The molecule has 1 aliphatic heterocycles. The lowest BCUT2D eigenvalue weighted by Crippen LogP contribution is -2.35. The molecule has 1 heterocycles. The Balaban J connectivity index is 1.82. The fourth-order valence-electron chi connectivity index (χ4n) is 2.74. The van der Waals surface area contributed by atoms with Crippen LogP contribution in [0.1, 0.15) is 38.7 Å². The zero-order chi connectivity index (χ0) is 15.9. The minimum Gasteiger partial charge on any atom is -0.494 e. The molecule has 0 aliphatic carbocycles. The quantitative estimate of drug-likeness (QED) is 0.838. The second-order valence-electron chi connectivity index (χ2n) is 6.57. The van der Waals surface area contributed by atoms with Gasteiger partial charge in [-0.25, -0.2) is 0 Å². The zero-order valence-corrected chi connectivity index (χ0v) is 13.6. The van der Waals surface area contributed by atoms with Crippen LogP contribution in [0, 0.1) is 11.8 Å². The van der Waals surface area contributed by atoms with Crippen LogP contribution in [0.3, 0.4) is 0 Å². The second kappa shape index (κ2) is 8.18.